The Morgan fingerprint density at radius 3 is 2.86 bits per heavy atom. The number of aliphatic imine (C=N–C) groups is 1. The van der Waals surface area contributed by atoms with Crippen molar-refractivity contribution in [2.45, 2.75) is 18.2 Å². The van der Waals surface area contributed by atoms with Crippen LogP contribution in [0.25, 0.3) is 0 Å². The predicted octanol–water partition coefficient (Wildman–Crippen LogP) is 1.45. The summed E-state index contributed by atoms with van der Waals surface area (Å²) < 4.78 is 37.0. The Bertz CT molecular complexity index is 733. The van der Waals surface area contributed by atoms with Crippen molar-refractivity contribution < 1.29 is 17.6 Å². The number of sulfone groups is 1. The number of nitrogens with zero attached hydrogens (tertiary/aromatic N) is 2. The van der Waals surface area contributed by atoms with Crippen LogP contribution in [0.15, 0.2) is 29.3 Å². The van der Waals surface area contributed by atoms with Gasteiger partial charge in [-0.25, -0.2) is 12.8 Å². The molecule has 0 aliphatic carbocycles. The van der Waals surface area contributed by atoms with Crippen molar-refractivity contribution in [2.24, 2.45) is 4.99 Å². The minimum atomic E-state index is -3.10. The number of thioether (sulfide) groups is 1. The number of carbonyl (C=O) groups is 1. The molecule has 0 radical (unpaired) electrons. The molecule has 2 saturated heterocycles. The van der Waals surface area contributed by atoms with Gasteiger partial charge in [-0.15, -0.1) is 0 Å². The first-order valence-electron chi connectivity index (χ1n) is 6.37. The standard InChI is InChI=1S/C13H13FN2O3S2/c1-8(17)15-13-16(10-4-2-3-9(14)5-10)11-6-21(18,19)7-12(11)20-13/h2-5,11-12H,6-7H2,1H3/t11-,12-/m1/s1. The maximum atomic E-state index is 13.4. The van der Waals surface area contributed by atoms with E-state index in [1.807, 2.05) is 0 Å². The van der Waals surface area contributed by atoms with Crippen LogP contribution in [-0.2, 0) is 14.6 Å². The van der Waals surface area contributed by atoms with E-state index in [4.69, 9.17) is 0 Å². The maximum Gasteiger partial charge on any atom is 0.244 e. The molecule has 5 nitrogen and oxygen atoms in total. The van der Waals surface area contributed by atoms with Gasteiger partial charge in [0.05, 0.1) is 17.5 Å². The molecule has 0 aromatic heterocycles. The number of anilines is 1. The number of halogens is 1. The molecular formula is C13H13FN2O3S2. The number of carbonyl (C=O) groups excluding carboxylic acids is 1. The molecule has 0 bridgehead atoms. The van der Waals surface area contributed by atoms with Gasteiger partial charge in [0.2, 0.25) is 5.91 Å². The Kier molecular flexibility index (Phi) is 3.53. The number of rotatable bonds is 1. The average molecular weight is 328 g/mol. The first-order valence-corrected chi connectivity index (χ1v) is 9.07. The third kappa shape index (κ3) is 2.82. The smallest absolute Gasteiger partial charge is 0.244 e. The van der Waals surface area contributed by atoms with Crippen molar-refractivity contribution >= 4 is 38.4 Å². The summed E-state index contributed by atoms with van der Waals surface area (Å²) in [5, 5.41) is 0.273. The molecule has 0 spiro atoms. The van der Waals surface area contributed by atoms with Crippen molar-refractivity contribution in [3.63, 3.8) is 0 Å². The van der Waals surface area contributed by atoms with Gasteiger partial charge in [0.15, 0.2) is 15.0 Å². The molecule has 0 N–H and O–H groups in total. The summed E-state index contributed by atoms with van der Waals surface area (Å²) >= 11 is 1.27. The molecule has 1 aromatic carbocycles. The van der Waals surface area contributed by atoms with Gasteiger partial charge in [0.25, 0.3) is 0 Å². The lowest BCUT2D eigenvalue weighted by Crippen LogP contribution is -2.37. The topological polar surface area (TPSA) is 66.8 Å². The summed E-state index contributed by atoms with van der Waals surface area (Å²) in [5.41, 5.74) is 0.520. The lowest BCUT2D eigenvalue weighted by atomic mass is 10.2. The largest absolute Gasteiger partial charge is 0.315 e. The average Bonchev–Trinajstić information content (AvgIpc) is 2.79. The maximum absolute atomic E-state index is 13.4. The molecule has 2 atom stereocenters. The minimum absolute atomic E-state index is 0.00188. The lowest BCUT2D eigenvalue weighted by molar-refractivity contribution is -0.115. The molecule has 2 fully saturated rings. The second kappa shape index (κ2) is 5.10. The van der Waals surface area contributed by atoms with Crippen LogP contribution in [0.1, 0.15) is 6.92 Å². The van der Waals surface area contributed by atoms with Gasteiger partial charge >= 0.3 is 0 Å². The van der Waals surface area contributed by atoms with Crippen molar-refractivity contribution in [1.29, 1.82) is 0 Å². The number of amidine groups is 1. The third-order valence-electron chi connectivity index (χ3n) is 3.41. The number of fused-ring (bicyclic) bond motifs is 1. The predicted molar refractivity (Wildman–Crippen MR) is 80.8 cm³/mol. The van der Waals surface area contributed by atoms with E-state index in [2.05, 4.69) is 4.99 Å². The Morgan fingerprint density at radius 1 is 1.43 bits per heavy atom. The molecule has 1 amide bonds. The molecule has 21 heavy (non-hydrogen) atoms. The SMILES string of the molecule is CC(=O)N=C1S[C@@H]2CS(=O)(=O)C[C@H]2N1c1cccc(F)c1. The first-order chi connectivity index (χ1) is 9.85. The molecule has 2 aliphatic rings. The molecule has 8 heteroatoms. The molecule has 0 saturated carbocycles. The number of amides is 1. The zero-order valence-corrected chi connectivity index (χ0v) is 12.8. The van der Waals surface area contributed by atoms with Crippen molar-refractivity contribution in [3.8, 4) is 0 Å². The van der Waals surface area contributed by atoms with Crippen molar-refractivity contribution in [1.82, 2.24) is 0 Å². The van der Waals surface area contributed by atoms with Crippen LogP contribution < -0.4 is 4.90 Å². The molecule has 0 unspecified atom stereocenters. The van der Waals surface area contributed by atoms with Crippen LogP contribution in [0, 0.1) is 5.82 Å². The van der Waals surface area contributed by atoms with E-state index in [0.717, 1.165) is 0 Å². The molecule has 3 rings (SSSR count). The Balaban J connectivity index is 2.05. The normalized spacial score (nSPS) is 28.9. The molecule has 112 valence electrons. The van der Waals surface area contributed by atoms with E-state index in [9.17, 15) is 17.6 Å². The van der Waals surface area contributed by atoms with Crippen molar-refractivity contribution in [2.75, 3.05) is 16.4 Å². The summed E-state index contributed by atoms with van der Waals surface area (Å²) in [4.78, 5) is 16.9. The Morgan fingerprint density at radius 2 is 2.19 bits per heavy atom. The summed E-state index contributed by atoms with van der Waals surface area (Å²) in [6.45, 7) is 1.34. The van der Waals surface area contributed by atoms with Gasteiger partial charge in [-0.2, -0.15) is 4.99 Å². The van der Waals surface area contributed by atoms with E-state index < -0.39 is 15.7 Å². The number of benzene rings is 1. The Hall–Kier alpha value is -1.41. The van der Waals surface area contributed by atoms with E-state index >= 15 is 0 Å². The van der Waals surface area contributed by atoms with E-state index in [1.54, 1.807) is 17.0 Å². The second-order valence-electron chi connectivity index (χ2n) is 5.06. The van der Waals surface area contributed by atoms with Crippen LogP contribution in [0.3, 0.4) is 0 Å². The molecular weight excluding hydrogens is 315 g/mol. The Labute approximate surface area is 126 Å². The molecule has 1 aromatic rings. The fourth-order valence-corrected chi connectivity index (χ4v) is 6.59. The number of hydrogen-bond acceptors (Lipinski definition) is 4. The van der Waals surface area contributed by atoms with Gasteiger partial charge in [-0.1, -0.05) is 17.8 Å². The van der Waals surface area contributed by atoms with Crippen LogP contribution >= 0.6 is 11.8 Å². The summed E-state index contributed by atoms with van der Waals surface area (Å²) in [7, 11) is -3.10. The summed E-state index contributed by atoms with van der Waals surface area (Å²) in [5.74, 6) is -0.714. The zero-order chi connectivity index (χ0) is 15.2. The van der Waals surface area contributed by atoms with E-state index in [1.165, 1.54) is 30.8 Å². The van der Waals surface area contributed by atoms with Crippen LogP contribution in [-0.4, -0.2) is 42.3 Å². The van der Waals surface area contributed by atoms with Gasteiger partial charge in [0.1, 0.15) is 5.82 Å². The van der Waals surface area contributed by atoms with E-state index in [-0.39, 0.29) is 28.7 Å². The fraction of sp³-hybridized carbons (Fsp3) is 0.385. The van der Waals surface area contributed by atoms with Crippen LogP contribution in [0.5, 0.6) is 0 Å². The summed E-state index contributed by atoms with van der Waals surface area (Å²) in [6.07, 6.45) is 0. The highest BCUT2D eigenvalue weighted by atomic mass is 32.2. The van der Waals surface area contributed by atoms with Crippen molar-refractivity contribution in [3.05, 3.63) is 30.1 Å². The van der Waals surface area contributed by atoms with Gasteiger partial charge in [-0.3, -0.25) is 4.79 Å². The fourth-order valence-electron chi connectivity index (χ4n) is 2.63. The highest BCUT2D eigenvalue weighted by Gasteiger charge is 2.49. The first kappa shape index (κ1) is 14.5. The van der Waals surface area contributed by atoms with Gasteiger partial charge in [0, 0.05) is 17.9 Å². The summed E-state index contributed by atoms with van der Waals surface area (Å²) in [6, 6.07) is 5.57. The van der Waals surface area contributed by atoms with Gasteiger partial charge in [-0.05, 0) is 18.2 Å². The molecule has 2 aliphatic heterocycles. The van der Waals surface area contributed by atoms with Gasteiger partial charge < -0.3 is 4.90 Å². The monoisotopic (exact) mass is 328 g/mol. The van der Waals surface area contributed by atoms with Crippen LogP contribution in [0.4, 0.5) is 10.1 Å². The third-order valence-corrected chi connectivity index (χ3v) is 6.62. The molecule has 2 heterocycles. The lowest BCUT2D eigenvalue weighted by Gasteiger charge is -2.24. The highest BCUT2D eigenvalue weighted by molar-refractivity contribution is 8.16. The number of hydrogen-bond donors (Lipinski definition) is 0. The minimum Gasteiger partial charge on any atom is -0.315 e. The van der Waals surface area contributed by atoms with E-state index in [0.29, 0.717) is 10.9 Å². The second-order valence-corrected chi connectivity index (χ2v) is 8.42. The zero-order valence-electron chi connectivity index (χ0n) is 11.2. The highest BCUT2D eigenvalue weighted by Crippen LogP contribution is 2.40. The quantitative estimate of drug-likeness (QED) is 0.780. The van der Waals surface area contributed by atoms with Crippen LogP contribution in [0.2, 0.25) is 0 Å².